The number of carboxylic acid groups (broad SMARTS) is 1. The third-order valence-corrected chi connectivity index (χ3v) is 2.06. The van der Waals surface area contributed by atoms with E-state index in [1.54, 1.807) is 6.92 Å². The van der Waals surface area contributed by atoms with Crippen molar-refractivity contribution < 1.29 is 19.4 Å². The number of hydrogen-bond acceptors (Lipinski definition) is 3. The predicted octanol–water partition coefficient (Wildman–Crippen LogP) is 1.98. The summed E-state index contributed by atoms with van der Waals surface area (Å²) in [6.07, 6.45) is 8.17. The Labute approximate surface area is 96.0 Å². The Morgan fingerprint density at radius 2 is 1.81 bits per heavy atom. The number of carbonyl (C=O) groups is 2. The van der Waals surface area contributed by atoms with E-state index in [0.29, 0.717) is 12.8 Å². The molecule has 4 nitrogen and oxygen atoms in total. The highest BCUT2D eigenvalue weighted by Gasteiger charge is 2.06. The fraction of sp³-hybridized carbons (Fsp3) is 0.667. The number of terminal acetylenes is 1. The molecule has 90 valence electrons. The second-order valence-corrected chi connectivity index (χ2v) is 3.61. The zero-order valence-electron chi connectivity index (χ0n) is 9.57. The Bertz CT molecular complexity index is 265. The van der Waals surface area contributed by atoms with E-state index in [4.69, 9.17) is 16.3 Å². The van der Waals surface area contributed by atoms with Crippen molar-refractivity contribution >= 4 is 11.9 Å². The Morgan fingerprint density at radius 1 is 1.25 bits per heavy atom. The lowest BCUT2D eigenvalue weighted by Crippen LogP contribution is -2.12. The van der Waals surface area contributed by atoms with E-state index >= 15 is 0 Å². The van der Waals surface area contributed by atoms with Crippen LogP contribution >= 0.6 is 0 Å². The van der Waals surface area contributed by atoms with E-state index in [1.165, 1.54) is 0 Å². The van der Waals surface area contributed by atoms with Crippen molar-refractivity contribution in [3.8, 4) is 12.3 Å². The summed E-state index contributed by atoms with van der Waals surface area (Å²) in [5.41, 5.74) is 0. The average Bonchev–Trinajstić information content (AvgIpc) is 2.22. The molecule has 16 heavy (non-hydrogen) atoms. The van der Waals surface area contributed by atoms with Gasteiger partial charge < -0.3 is 9.84 Å². The maximum atomic E-state index is 11.1. The van der Waals surface area contributed by atoms with Crippen LogP contribution in [0.15, 0.2) is 0 Å². The Balaban J connectivity index is 3.35. The largest absolute Gasteiger partial charge is 0.481 e. The molecule has 1 atom stereocenters. The molecule has 0 spiro atoms. The minimum atomic E-state index is -0.776. The van der Waals surface area contributed by atoms with E-state index in [-0.39, 0.29) is 12.4 Å². The van der Waals surface area contributed by atoms with Crippen molar-refractivity contribution in [2.24, 2.45) is 0 Å². The van der Waals surface area contributed by atoms with Crippen molar-refractivity contribution in [3.63, 3.8) is 0 Å². The summed E-state index contributed by atoms with van der Waals surface area (Å²) in [5, 5.41) is 8.39. The summed E-state index contributed by atoms with van der Waals surface area (Å²) in [6.45, 7) is 1.64. The molecule has 0 amide bonds. The lowest BCUT2D eigenvalue weighted by molar-refractivity contribution is -0.146. The van der Waals surface area contributed by atoms with Gasteiger partial charge in [-0.2, -0.15) is 0 Å². The third kappa shape index (κ3) is 9.07. The highest BCUT2D eigenvalue weighted by Crippen LogP contribution is 2.06. The highest BCUT2D eigenvalue weighted by molar-refractivity contribution is 5.69. The monoisotopic (exact) mass is 226 g/mol. The minimum Gasteiger partial charge on any atom is -0.481 e. The number of carboxylic acids is 1. The van der Waals surface area contributed by atoms with Gasteiger partial charge in [-0.25, -0.2) is 0 Å². The van der Waals surface area contributed by atoms with Gasteiger partial charge in [-0.3, -0.25) is 9.59 Å². The number of hydrogen-bond donors (Lipinski definition) is 1. The van der Waals surface area contributed by atoms with Crippen molar-refractivity contribution in [2.45, 2.75) is 51.6 Å². The molecule has 0 aromatic heterocycles. The molecule has 0 rings (SSSR count). The molecule has 0 aliphatic carbocycles. The van der Waals surface area contributed by atoms with Gasteiger partial charge >= 0.3 is 11.9 Å². The molecule has 0 radical (unpaired) electrons. The molecule has 0 heterocycles. The second kappa shape index (κ2) is 8.78. The number of carbonyl (C=O) groups excluding carboxylic acids is 1. The Hall–Kier alpha value is -1.50. The summed E-state index contributed by atoms with van der Waals surface area (Å²) < 4.78 is 4.88. The van der Waals surface area contributed by atoms with Gasteiger partial charge in [0.05, 0.1) is 0 Å². The molecule has 0 aromatic carbocycles. The van der Waals surface area contributed by atoms with E-state index in [2.05, 4.69) is 5.92 Å². The Morgan fingerprint density at radius 3 is 2.31 bits per heavy atom. The molecule has 0 bridgehead atoms. The van der Waals surface area contributed by atoms with Crippen LogP contribution in [0.2, 0.25) is 0 Å². The Kier molecular flexibility index (Phi) is 7.96. The fourth-order valence-corrected chi connectivity index (χ4v) is 1.19. The van der Waals surface area contributed by atoms with Gasteiger partial charge in [0.2, 0.25) is 0 Å². The average molecular weight is 226 g/mol. The van der Waals surface area contributed by atoms with Gasteiger partial charge in [-0.15, -0.1) is 6.42 Å². The summed E-state index contributed by atoms with van der Waals surface area (Å²) in [5.74, 6) is 1.25. The molecular formula is C12H18O4. The van der Waals surface area contributed by atoms with Crippen LogP contribution in [0.4, 0.5) is 0 Å². The summed E-state index contributed by atoms with van der Waals surface area (Å²) >= 11 is 0. The van der Waals surface area contributed by atoms with Crippen molar-refractivity contribution in [1.29, 1.82) is 0 Å². The molecule has 1 unspecified atom stereocenters. The van der Waals surface area contributed by atoms with Crippen molar-refractivity contribution in [3.05, 3.63) is 0 Å². The number of aliphatic carboxylic acids is 1. The summed E-state index contributed by atoms with van der Waals surface area (Å²) in [4.78, 5) is 21.3. The first-order chi connectivity index (χ1) is 7.56. The molecule has 0 aromatic rings. The molecule has 0 aliphatic rings. The molecule has 4 heteroatoms. The van der Waals surface area contributed by atoms with Crippen LogP contribution in [-0.2, 0) is 14.3 Å². The first-order valence-corrected chi connectivity index (χ1v) is 5.43. The van der Waals surface area contributed by atoms with Crippen LogP contribution < -0.4 is 0 Å². The second-order valence-electron chi connectivity index (χ2n) is 3.61. The topological polar surface area (TPSA) is 63.6 Å². The zero-order valence-corrected chi connectivity index (χ0v) is 9.57. The lowest BCUT2D eigenvalue weighted by Gasteiger charge is -2.06. The van der Waals surface area contributed by atoms with E-state index in [1.807, 2.05) is 0 Å². The van der Waals surface area contributed by atoms with Gasteiger partial charge in [0.1, 0.15) is 0 Å². The SMILES string of the molecule is C#CC(C)OC(=O)CCCCCCC(=O)O. The zero-order chi connectivity index (χ0) is 12.4. The molecule has 0 saturated heterocycles. The van der Waals surface area contributed by atoms with Crippen molar-refractivity contribution in [2.75, 3.05) is 0 Å². The van der Waals surface area contributed by atoms with Crippen molar-refractivity contribution in [1.82, 2.24) is 0 Å². The molecular weight excluding hydrogens is 208 g/mol. The van der Waals surface area contributed by atoms with Crippen LogP contribution in [0.5, 0.6) is 0 Å². The van der Waals surface area contributed by atoms with Gasteiger partial charge in [0.25, 0.3) is 0 Å². The molecule has 0 saturated carbocycles. The summed E-state index contributed by atoms with van der Waals surface area (Å²) in [7, 11) is 0. The standard InChI is InChI=1S/C12H18O4/c1-3-10(2)16-12(15)9-7-5-4-6-8-11(13)14/h1,10H,4-9H2,2H3,(H,13,14). The van der Waals surface area contributed by atoms with Crippen LogP contribution in [0.1, 0.15) is 45.4 Å². The van der Waals surface area contributed by atoms with Crippen LogP contribution in [0.25, 0.3) is 0 Å². The maximum absolute atomic E-state index is 11.1. The fourth-order valence-electron chi connectivity index (χ4n) is 1.19. The molecule has 0 aliphatic heterocycles. The normalized spacial score (nSPS) is 11.5. The van der Waals surface area contributed by atoms with Gasteiger partial charge in [0.15, 0.2) is 6.10 Å². The van der Waals surface area contributed by atoms with Crippen LogP contribution in [0.3, 0.4) is 0 Å². The van der Waals surface area contributed by atoms with Gasteiger partial charge in [-0.1, -0.05) is 18.8 Å². The van der Waals surface area contributed by atoms with E-state index in [9.17, 15) is 9.59 Å². The first kappa shape index (κ1) is 14.5. The maximum Gasteiger partial charge on any atom is 0.307 e. The smallest absolute Gasteiger partial charge is 0.307 e. The number of ether oxygens (including phenoxy) is 1. The van der Waals surface area contributed by atoms with Gasteiger partial charge in [0, 0.05) is 12.8 Å². The van der Waals surface area contributed by atoms with E-state index < -0.39 is 12.1 Å². The third-order valence-electron chi connectivity index (χ3n) is 2.06. The minimum absolute atomic E-state index is 0.193. The number of esters is 1. The van der Waals surface area contributed by atoms with Gasteiger partial charge in [-0.05, 0) is 19.8 Å². The number of rotatable bonds is 8. The quantitative estimate of drug-likeness (QED) is 0.390. The van der Waals surface area contributed by atoms with E-state index in [0.717, 1.165) is 19.3 Å². The highest BCUT2D eigenvalue weighted by atomic mass is 16.5. The van der Waals surface area contributed by atoms with Crippen LogP contribution in [-0.4, -0.2) is 23.1 Å². The first-order valence-electron chi connectivity index (χ1n) is 5.43. The predicted molar refractivity (Wildman–Crippen MR) is 59.7 cm³/mol. The van der Waals surface area contributed by atoms with Crippen LogP contribution in [0, 0.1) is 12.3 Å². The lowest BCUT2D eigenvalue weighted by atomic mass is 10.1. The molecule has 1 N–H and O–H groups in total. The number of unbranched alkanes of at least 4 members (excludes halogenated alkanes) is 3. The molecule has 0 fully saturated rings. The summed E-state index contributed by atoms with van der Waals surface area (Å²) in [6, 6.07) is 0.